The van der Waals surface area contributed by atoms with E-state index in [4.69, 9.17) is 10.8 Å². The van der Waals surface area contributed by atoms with Gasteiger partial charge in [-0.2, -0.15) is 0 Å². The van der Waals surface area contributed by atoms with Crippen LogP contribution in [-0.4, -0.2) is 30.1 Å². The zero-order valence-electron chi connectivity index (χ0n) is 8.64. The normalized spacial score (nSPS) is 13.7. The Hall–Kier alpha value is -1.88. The van der Waals surface area contributed by atoms with Crippen LogP contribution in [0.1, 0.15) is 15.9 Å². The predicted molar refractivity (Wildman–Crippen MR) is 58.1 cm³/mol. The van der Waals surface area contributed by atoms with Crippen molar-refractivity contribution in [3.8, 4) is 0 Å². The van der Waals surface area contributed by atoms with Crippen molar-refractivity contribution >= 4 is 17.5 Å². The minimum absolute atomic E-state index is 0.361. The van der Waals surface area contributed by atoms with Gasteiger partial charge in [0, 0.05) is 17.8 Å². The maximum atomic E-state index is 11.4. The van der Waals surface area contributed by atoms with Gasteiger partial charge in [0.2, 0.25) is 5.91 Å². The molecule has 0 aromatic heterocycles. The Kier molecular flexibility index (Phi) is 2.62. The first-order chi connectivity index (χ1) is 7.63. The van der Waals surface area contributed by atoms with Gasteiger partial charge in [0.1, 0.15) is 6.61 Å². The fraction of sp³-hybridized carbons (Fsp3) is 0.273. The summed E-state index contributed by atoms with van der Waals surface area (Å²) >= 11 is 0. The van der Waals surface area contributed by atoms with Crippen LogP contribution < -0.4 is 10.6 Å². The lowest BCUT2D eigenvalue weighted by molar-refractivity contribution is -0.121. The van der Waals surface area contributed by atoms with Gasteiger partial charge in [-0.15, -0.1) is 0 Å². The number of hydrogen-bond acceptors (Lipinski definition) is 3. The molecule has 0 bridgehead atoms. The van der Waals surface area contributed by atoms with E-state index in [1.807, 2.05) is 0 Å². The summed E-state index contributed by atoms with van der Waals surface area (Å²) in [5, 5.41) is 8.82. The summed E-state index contributed by atoms with van der Waals surface area (Å²) < 4.78 is 0. The van der Waals surface area contributed by atoms with Crippen LogP contribution in [0.25, 0.3) is 0 Å². The Morgan fingerprint density at radius 1 is 1.44 bits per heavy atom. The van der Waals surface area contributed by atoms with E-state index in [-0.39, 0.29) is 5.91 Å². The highest BCUT2D eigenvalue weighted by atomic mass is 16.3. The Morgan fingerprint density at radius 2 is 2.19 bits per heavy atom. The Labute approximate surface area is 92.5 Å². The summed E-state index contributed by atoms with van der Waals surface area (Å²) in [6.07, 6.45) is 0.736. The van der Waals surface area contributed by atoms with Gasteiger partial charge in [0.05, 0.1) is 0 Å². The highest BCUT2D eigenvalue weighted by Crippen LogP contribution is 2.28. The van der Waals surface area contributed by atoms with Crippen LogP contribution in [-0.2, 0) is 11.2 Å². The molecule has 0 radical (unpaired) electrons. The van der Waals surface area contributed by atoms with Crippen LogP contribution in [0.15, 0.2) is 18.2 Å². The number of aliphatic hydroxyl groups excluding tert-OH is 1. The second-order valence-electron chi connectivity index (χ2n) is 3.66. The smallest absolute Gasteiger partial charge is 0.252 e. The highest BCUT2D eigenvalue weighted by Gasteiger charge is 2.24. The fourth-order valence-electron chi connectivity index (χ4n) is 1.88. The van der Waals surface area contributed by atoms with E-state index >= 15 is 0 Å². The van der Waals surface area contributed by atoms with Crippen LogP contribution in [0, 0.1) is 0 Å². The van der Waals surface area contributed by atoms with Crippen molar-refractivity contribution in [1.82, 2.24) is 0 Å². The number of nitrogens with two attached hydrogens (primary N) is 1. The first-order valence-electron chi connectivity index (χ1n) is 4.97. The van der Waals surface area contributed by atoms with Gasteiger partial charge < -0.3 is 15.7 Å². The summed E-state index contributed by atoms with van der Waals surface area (Å²) in [4.78, 5) is 23.9. The van der Waals surface area contributed by atoms with Crippen LogP contribution in [0.4, 0.5) is 5.69 Å². The van der Waals surface area contributed by atoms with E-state index in [0.717, 1.165) is 12.0 Å². The van der Waals surface area contributed by atoms with Gasteiger partial charge in [-0.25, -0.2) is 0 Å². The van der Waals surface area contributed by atoms with Crippen molar-refractivity contribution < 1.29 is 14.7 Å². The minimum Gasteiger partial charge on any atom is -0.387 e. The number of benzene rings is 1. The zero-order valence-corrected chi connectivity index (χ0v) is 8.64. The second kappa shape index (κ2) is 3.94. The molecule has 0 aliphatic carbocycles. The lowest BCUT2D eigenvalue weighted by Gasteiger charge is -2.16. The summed E-state index contributed by atoms with van der Waals surface area (Å²) in [6, 6.07) is 5.03. The monoisotopic (exact) mass is 220 g/mol. The average molecular weight is 220 g/mol. The number of aliphatic hydroxyl groups is 1. The number of carbonyl (C=O) groups excluding carboxylic acids is 2. The molecule has 0 saturated carbocycles. The lowest BCUT2D eigenvalue weighted by atomic mass is 10.1. The van der Waals surface area contributed by atoms with Crippen molar-refractivity contribution in [2.75, 3.05) is 18.1 Å². The van der Waals surface area contributed by atoms with Gasteiger partial charge >= 0.3 is 0 Å². The number of carbonyl (C=O) groups is 2. The zero-order chi connectivity index (χ0) is 11.7. The van der Waals surface area contributed by atoms with E-state index in [2.05, 4.69) is 0 Å². The molecular weight excluding hydrogens is 208 g/mol. The fourth-order valence-corrected chi connectivity index (χ4v) is 1.88. The van der Waals surface area contributed by atoms with Crippen LogP contribution in [0.5, 0.6) is 0 Å². The molecule has 0 saturated heterocycles. The predicted octanol–water partition coefficient (Wildman–Crippen LogP) is -0.333. The molecular formula is C11H12N2O3. The third kappa shape index (κ3) is 1.65. The molecule has 1 aliphatic heterocycles. The molecule has 0 fully saturated rings. The van der Waals surface area contributed by atoms with E-state index in [1.165, 1.54) is 4.90 Å². The maximum absolute atomic E-state index is 11.4. The molecule has 1 aliphatic rings. The quantitative estimate of drug-likeness (QED) is 0.715. The Morgan fingerprint density at radius 3 is 2.81 bits per heavy atom. The van der Waals surface area contributed by atoms with E-state index in [1.54, 1.807) is 18.2 Å². The highest BCUT2D eigenvalue weighted by molar-refractivity contribution is 5.99. The minimum atomic E-state index is -0.528. The number of nitrogens with zero attached hydrogens (tertiary/aromatic N) is 1. The van der Waals surface area contributed by atoms with Gasteiger partial charge in [0.25, 0.3) is 5.91 Å². The molecule has 84 valence electrons. The summed E-state index contributed by atoms with van der Waals surface area (Å²) in [6.45, 7) is 0.0111. The van der Waals surface area contributed by atoms with E-state index in [0.29, 0.717) is 17.8 Å². The van der Waals surface area contributed by atoms with Crippen molar-refractivity contribution in [3.63, 3.8) is 0 Å². The van der Waals surface area contributed by atoms with Gasteiger partial charge in [-0.05, 0) is 24.1 Å². The van der Waals surface area contributed by atoms with Crippen molar-refractivity contribution in [2.45, 2.75) is 6.42 Å². The molecule has 2 amide bonds. The summed E-state index contributed by atoms with van der Waals surface area (Å²) in [7, 11) is 0. The molecule has 3 N–H and O–H groups in total. The SMILES string of the molecule is NC(=O)c1ccc2c(c1)N(C(=O)CO)CC2. The van der Waals surface area contributed by atoms with E-state index in [9.17, 15) is 9.59 Å². The van der Waals surface area contributed by atoms with E-state index < -0.39 is 12.5 Å². The molecule has 1 aromatic carbocycles. The number of fused-ring (bicyclic) bond motifs is 1. The molecule has 2 rings (SSSR count). The van der Waals surface area contributed by atoms with Crippen LogP contribution in [0.2, 0.25) is 0 Å². The third-order valence-electron chi connectivity index (χ3n) is 2.70. The summed E-state index contributed by atoms with van der Waals surface area (Å²) in [5.41, 5.74) is 7.21. The van der Waals surface area contributed by atoms with Crippen molar-refractivity contribution in [3.05, 3.63) is 29.3 Å². The van der Waals surface area contributed by atoms with Gasteiger partial charge in [-0.3, -0.25) is 9.59 Å². The molecule has 5 nitrogen and oxygen atoms in total. The molecule has 0 unspecified atom stereocenters. The molecule has 5 heteroatoms. The standard InChI is InChI=1S/C11H12N2O3/c12-11(16)8-2-1-7-3-4-13(9(7)5-8)10(15)6-14/h1-2,5,14H,3-4,6H2,(H2,12,16). The topological polar surface area (TPSA) is 83.6 Å². The van der Waals surface area contributed by atoms with Crippen molar-refractivity contribution in [2.24, 2.45) is 5.73 Å². The maximum Gasteiger partial charge on any atom is 0.252 e. The van der Waals surface area contributed by atoms with Crippen LogP contribution >= 0.6 is 0 Å². The molecule has 1 heterocycles. The van der Waals surface area contributed by atoms with Crippen LogP contribution in [0.3, 0.4) is 0 Å². The van der Waals surface area contributed by atoms with Crippen molar-refractivity contribution in [1.29, 1.82) is 0 Å². The number of rotatable bonds is 2. The average Bonchev–Trinajstić information content (AvgIpc) is 2.70. The van der Waals surface area contributed by atoms with Gasteiger partial charge in [-0.1, -0.05) is 6.07 Å². The second-order valence-corrected chi connectivity index (χ2v) is 3.66. The number of hydrogen-bond donors (Lipinski definition) is 2. The Bertz CT molecular complexity index is 457. The molecule has 0 spiro atoms. The molecule has 0 atom stereocenters. The number of anilines is 1. The number of primary amides is 1. The first-order valence-corrected chi connectivity index (χ1v) is 4.97. The number of amides is 2. The van der Waals surface area contributed by atoms with Gasteiger partial charge in [0.15, 0.2) is 0 Å². The molecule has 1 aromatic rings. The largest absolute Gasteiger partial charge is 0.387 e. The first kappa shape index (κ1) is 10.6. The Balaban J connectivity index is 2.40. The summed E-state index contributed by atoms with van der Waals surface area (Å²) in [5.74, 6) is -0.883. The third-order valence-corrected chi connectivity index (χ3v) is 2.70. The molecule has 16 heavy (non-hydrogen) atoms. The lowest BCUT2D eigenvalue weighted by Crippen LogP contribution is -2.31.